The molecule has 1 heterocycles. The van der Waals surface area contributed by atoms with Crippen molar-refractivity contribution in [2.45, 2.75) is 19.8 Å². The van der Waals surface area contributed by atoms with Gasteiger partial charge in [-0.25, -0.2) is 0 Å². The van der Waals surface area contributed by atoms with Gasteiger partial charge < -0.3 is 15.3 Å². The Hall–Kier alpha value is -0.120. The van der Waals surface area contributed by atoms with Crippen LogP contribution in [-0.2, 0) is 0 Å². The fraction of sp³-hybridized carbons (Fsp3) is 1.00. The van der Waals surface area contributed by atoms with E-state index in [4.69, 9.17) is 5.11 Å². The molecule has 1 saturated heterocycles. The smallest absolute Gasteiger partial charge is 0.0468 e. The first-order valence-electron chi connectivity index (χ1n) is 5.72. The van der Waals surface area contributed by atoms with Crippen molar-refractivity contribution in [2.75, 3.05) is 39.8 Å². The minimum absolute atomic E-state index is 0.289. The molecular formula is C11H24N2O. The quantitative estimate of drug-likeness (QED) is 0.680. The predicted octanol–water partition coefficient (Wildman–Crippen LogP) is 0.546. The number of aliphatic hydroxyl groups is 1. The molecule has 0 bridgehead atoms. The average Bonchev–Trinajstić information content (AvgIpc) is 2.17. The van der Waals surface area contributed by atoms with Crippen molar-refractivity contribution in [1.82, 2.24) is 10.2 Å². The van der Waals surface area contributed by atoms with E-state index in [0.29, 0.717) is 5.92 Å². The SMILES string of the molecule is CC(CO)CNCC1CCCN(C)C1. The van der Waals surface area contributed by atoms with E-state index in [1.807, 2.05) is 0 Å². The van der Waals surface area contributed by atoms with Gasteiger partial charge in [0.1, 0.15) is 0 Å². The minimum atomic E-state index is 0.289. The van der Waals surface area contributed by atoms with E-state index in [9.17, 15) is 0 Å². The molecule has 1 rings (SSSR count). The number of likely N-dealkylation sites (tertiary alicyclic amines) is 1. The number of rotatable bonds is 5. The maximum absolute atomic E-state index is 8.87. The summed E-state index contributed by atoms with van der Waals surface area (Å²) < 4.78 is 0. The highest BCUT2D eigenvalue weighted by Gasteiger charge is 2.16. The van der Waals surface area contributed by atoms with E-state index in [-0.39, 0.29) is 6.61 Å². The van der Waals surface area contributed by atoms with Crippen LogP contribution in [0.3, 0.4) is 0 Å². The highest BCUT2D eigenvalue weighted by molar-refractivity contribution is 4.72. The normalized spacial score (nSPS) is 26.4. The van der Waals surface area contributed by atoms with Crippen LogP contribution < -0.4 is 5.32 Å². The topological polar surface area (TPSA) is 35.5 Å². The van der Waals surface area contributed by atoms with Crippen molar-refractivity contribution in [1.29, 1.82) is 0 Å². The monoisotopic (exact) mass is 200 g/mol. The van der Waals surface area contributed by atoms with Crippen LogP contribution in [0.5, 0.6) is 0 Å². The van der Waals surface area contributed by atoms with Crippen molar-refractivity contribution >= 4 is 0 Å². The first-order chi connectivity index (χ1) is 6.72. The minimum Gasteiger partial charge on any atom is -0.396 e. The lowest BCUT2D eigenvalue weighted by atomic mass is 9.98. The fourth-order valence-electron chi connectivity index (χ4n) is 2.04. The zero-order valence-corrected chi connectivity index (χ0v) is 9.50. The molecule has 0 saturated carbocycles. The Balaban J connectivity index is 2.05. The molecule has 1 aliphatic heterocycles. The zero-order valence-electron chi connectivity index (χ0n) is 9.50. The van der Waals surface area contributed by atoms with Gasteiger partial charge in [-0.1, -0.05) is 6.92 Å². The number of nitrogens with zero attached hydrogens (tertiary/aromatic N) is 1. The molecule has 1 fully saturated rings. The highest BCUT2D eigenvalue weighted by atomic mass is 16.3. The summed E-state index contributed by atoms with van der Waals surface area (Å²) in [6.07, 6.45) is 2.68. The second kappa shape index (κ2) is 6.38. The standard InChI is InChI=1S/C11H24N2O/c1-10(9-14)6-12-7-11-4-3-5-13(2)8-11/h10-12,14H,3-9H2,1-2H3. The molecule has 0 amide bonds. The summed E-state index contributed by atoms with van der Waals surface area (Å²) in [5.74, 6) is 1.19. The molecular weight excluding hydrogens is 176 g/mol. The maximum Gasteiger partial charge on any atom is 0.0468 e. The van der Waals surface area contributed by atoms with Gasteiger partial charge in [0, 0.05) is 13.2 Å². The fourth-order valence-corrected chi connectivity index (χ4v) is 2.04. The molecule has 0 radical (unpaired) electrons. The lowest BCUT2D eigenvalue weighted by Gasteiger charge is -2.30. The van der Waals surface area contributed by atoms with Crippen LogP contribution in [0.25, 0.3) is 0 Å². The average molecular weight is 200 g/mol. The van der Waals surface area contributed by atoms with Crippen LogP contribution in [0.4, 0.5) is 0 Å². The Bertz CT molecular complexity index is 152. The van der Waals surface area contributed by atoms with E-state index in [1.165, 1.54) is 25.9 Å². The van der Waals surface area contributed by atoms with Crippen molar-refractivity contribution < 1.29 is 5.11 Å². The predicted molar refractivity (Wildman–Crippen MR) is 59.3 cm³/mol. The number of nitrogens with one attached hydrogen (secondary N) is 1. The summed E-state index contributed by atoms with van der Waals surface area (Å²) in [5.41, 5.74) is 0. The van der Waals surface area contributed by atoms with Crippen molar-refractivity contribution in [3.63, 3.8) is 0 Å². The van der Waals surface area contributed by atoms with E-state index in [2.05, 4.69) is 24.2 Å². The van der Waals surface area contributed by atoms with E-state index in [0.717, 1.165) is 19.0 Å². The third-order valence-electron chi connectivity index (χ3n) is 2.96. The first kappa shape index (κ1) is 12.0. The molecule has 3 heteroatoms. The van der Waals surface area contributed by atoms with Crippen molar-refractivity contribution in [3.8, 4) is 0 Å². The lowest BCUT2D eigenvalue weighted by molar-refractivity contribution is 0.197. The first-order valence-corrected chi connectivity index (χ1v) is 5.72. The highest BCUT2D eigenvalue weighted by Crippen LogP contribution is 2.13. The second-order valence-corrected chi connectivity index (χ2v) is 4.72. The molecule has 0 aromatic rings. The van der Waals surface area contributed by atoms with Crippen LogP contribution in [-0.4, -0.2) is 49.8 Å². The zero-order chi connectivity index (χ0) is 10.4. The second-order valence-electron chi connectivity index (χ2n) is 4.72. The summed E-state index contributed by atoms with van der Waals surface area (Å²) in [5, 5.41) is 12.3. The Morgan fingerprint density at radius 1 is 1.57 bits per heavy atom. The molecule has 84 valence electrons. The van der Waals surface area contributed by atoms with Crippen LogP contribution in [0.15, 0.2) is 0 Å². The maximum atomic E-state index is 8.87. The molecule has 0 aromatic heterocycles. The summed E-state index contributed by atoms with van der Waals surface area (Å²) in [6.45, 7) is 6.88. The van der Waals surface area contributed by atoms with Crippen molar-refractivity contribution in [2.24, 2.45) is 11.8 Å². The summed E-state index contributed by atoms with van der Waals surface area (Å²) in [7, 11) is 2.20. The molecule has 1 aliphatic rings. The van der Waals surface area contributed by atoms with Crippen LogP contribution in [0.2, 0.25) is 0 Å². The molecule has 0 aliphatic carbocycles. The van der Waals surface area contributed by atoms with Gasteiger partial charge >= 0.3 is 0 Å². The summed E-state index contributed by atoms with van der Waals surface area (Å²) in [4.78, 5) is 2.41. The van der Waals surface area contributed by atoms with Crippen LogP contribution in [0.1, 0.15) is 19.8 Å². The molecule has 0 spiro atoms. The van der Waals surface area contributed by atoms with Gasteiger partial charge in [0.15, 0.2) is 0 Å². The molecule has 2 N–H and O–H groups in total. The Morgan fingerprint density at radius 2 is 2.36 bits per heavy atom. The van der Waals surface area contributed by atoms with Gasteiger partial charge in [-0.15, -0.1) is 0 Å². The molecule has 14 heavy (non-hydrogen) atoms. The number of aliphatic hydroxyl groups excluding tert-OH is 1. The van der Waals surface area contributed by atoms with Gasteiger partial charge in [-0.05, 0) is 51.4 Å². The molecule has 2 unspecified atom stereocenters. The molecule has 0 aromatic carbocycles. The van der Waals surface area contributed by atoms with Gasteiger partial charge in [-0.3, -0.25) is 0 Å². The van der Waals surface area contributed by atoms with Crippen molar-refractivity contribution in [3.05, 3.63) is 0 Å². The van der Waals surface area contributed by atoms with E-state index in [1.54, 1.807) is 0 Å². The molecule has 3 nitrogen and oxygen atoms in total. The Kier molecular flexibility index (Phi) is 5.45. The van der Waals surface area contributed by atoms with E-state index >= 15 is 0 Å². The Labute approximate surface area is 87.5 Å². The Morgan fingerprint density at radius 3 is 3.00 bits per heavy atom. The van der Waals surface area contributed by atoms with E-state index < -0.39 is 0 Å². The summed E-state index contributed by atoms with van der Waals surface area (Å²) >= 11 is 0. The number of hydrogen-bond donors (Lipinski definition) is 2. The van der Waals surface area contributed by atoms with Crippen LogP contribution in [0, 0.1) is 11.8 Å². The van der Waals surface area contributed by atoms with Gasteiger partial charge in [0.25, 0.3) is 0 Å². The lowest BCUT2D eigenvalue weighted by Crippen LogP contribution is -2.38. The summed E-state index contributed by atoms with van der Waals surface area (Å²) in [6, 6.07) is 0. The van der Waals surface area contributed by atoms with Gasteiger partial charge in [0.05, 0.1) is 0 Å². The number of hydrogen-bond acceptors (Lipinski definition) is 3. The largest absolute Gasteiger partial charge is 0.396 e. The van der Waals surface area contributed by atoms with Crippen LogP contribution >= 0.6 is 0 Å². The number of piperidine rings is 1. The van der Waals surface area contributed by atoms with Gasteiger partial charge in [-0.2, -0.15) is 0 Å². The third kappa shape index (κ3) is 4.40. The molecule has 2 atom stereocenters. The third-order valence-corrected chi connectivity index (χ3v) is 2.96. The van der Waals surface area contributed by atoms with Gasteiger partial charge in [0.2, 0.25) is 0 Å².